The fourth-order valence-electron chi connectivity index (χ4n) is 4.19. The molecule has 110 valence electrons. The fraction of sp³-hybridized carbons (Fsp3) is 0.625. The van der Waals surface area contributed by atoms with Crippen LogP contribution in [0, 0.1) is 29.4 Å². The number of benzene rings is 1. The van der Waals surface area contributed by atoms with E-state index in [1.54, 1.807) is 6.07 Å². The van der Waals surface area contributed by atoms with Crippen LogP contribution in [-0.2, 0) is 6.42 Å². The molecule has 1 aromatic carbocycles. The van der Waals surface area contributed by atoms with Crippen LogP contribution in [0.25, 0.3) is 0 Å². The third-order valence-corrected chi connectivity index (χ3v) is 5.17. The molecule has 1 aromatic rings. The molecule has 0 heterocycles. The average molecular weight is 280 g/mol. The van der Waals surface area contributed by atoms with E-state index in [1.165, 1.54) is 37.8 Å². The lowest BCUT2D eigenvalue weighted by Gasteiger charge is -2.26. The van der Waals surface area contributed by atoms with Crippen LogP contribution in [0.3, 0.4) is 0 Å². The maximum atomic E-state index is 13.2. The quantitative estimate of drug-likeness (QED) is 0.642. The lowest BCUT2D eigenvalue weighted by Crippen LogP contribution is -2.39. The Morgan fingerprint density at radius 2 is 2.05 bits per heavy atom. The van der Waals surface area contributed by atoms with Crippen LogP contribution < -0.4 is 11.3 Å². The highest BCUT2D eigenvalue weighted by atomic mass is 19.2. The maximum Gasteiger partial charge on any atom is 0.159 e. The molecule has 4 heteroatoms. The Balaban J connectivity index is 1.60. The molecule has 0 radical (unpaired) electrons. The third kappa shape index (κ3) is 2.86. The van der Waals surface area contributed by atoms with E-state index in [9.17, 15) is 8.78 Å². The first-order chi connectivity index (χ1) is 9.65. The minimum atomic E-state index is -0.792. The Labute approximate surface area is 118 Å². The number of hydrogen-bond acceptors (Lipinski definition) is 2. The molecule has 3 rings (SSSR count). The Kier molecular flexibility index (Phi) is 4.03. The highest BCUT2D eigenvalue weighted by molar-refractivity contribution is 5.19. The van der Waals surface area contributed by atoms with E-state index in [2.05, 4.69) is 5.43 Å². The molecular formula is C16H22F2N2. The number of rotatable bonds is 5. The van der Waals surface area contributed by atoms with E-state index in [0.717, 1.165) is 29.7 Å². The molecule has 2 nitrogen and oxygen atoms in total. The monoisotopic (exact) mass is 280 g/mol. The van der Waals surface area contributed by atoms with Gasteiger partial charge in [0.25, 0.3) is 0 Å². The average Bonchev–Trinajstić information content (AvgIpc) is 3.04. The predicted octanol–water partition coefficient (Wildman–Crippen LogP) is 3.17. The largest absolute Gasteiger partial charge is 0.271 e. The van der Waals surface area contributed by atoms with Crippen molar-refractivity contribution in [2.45, 2.75) is 44.6 Å². The molecule has 4 atom stereocenters. The topological polar surface area (TPSA) is 38.0 Å². The highest BCUT2D eigenvalue weighted by Crippen LogP contribution is 2.49. The molecule has 3 N–H and O–H groups in total. The van der Waals surface area contributed by atoms with Crippen molar-refractivity contribution in [3.63, 3.8) is 0 Å². The maximum absolute atomic E-state index is 13.2. The molecule has 0 saturated heterocycles. The summed E-state index contributed by atoms with van der Waals surface area (Å²) in [6.45, 7) is 0. The van der Waals surface area contributed by atoms with Crippen LogP contribution in [0.4, 0.5) is 8.78 Å². The van der Waals surface area contributed by atoms with Crippen LogP contribution in [0.2, 0.25) is 0 Å². The van der Waals surface area contributed by atoms with Crippen LogP contribution in [0.5, 0.6) is 0 Å². The van der Waals surface area contributed by atoms with E-state index >= 15 is 0 Å². The van der Waals surface area contributed by atoms with Crippen LogP contribution >= 0.6 is 0 Å². The predicted molar refractivity (Wildman–Crippen MR) is 74.7 cm³/mol. The summed E-state index contributed by atoms with van der Waals surface area (Å²) in [6, 6.07) is 4.25. The van der Waals surface area contributed by atoms with Gasteiger partial charge in [0.05, 0.1) is 0 Å². The van der Waals surface area contributed by atoms with E-state index in [-0.39, 0.29) is 6.04 Å². The van der Waals surface area contributed by atoms with Crippen molar-refractivity contribution in [1.82, 2.24) is 5.43 Å². The summed E-state index contributed by atoms with van der Waals surface area (Å²) in [6.07, 6.45) is 7.15. The van der Waals surface area contributed by atoms with Gasteiger partial charge in [0.15, 0.2) is 11.6 Å². The normalized spacial score (nSPS) is 29.9. The molecule has 0 amide bonds. The number of nitrogens with two attached hydrogens (primary N) is 1. The van der Waals surface area contributed by atoms with Gasteiger partial charge in [0.1, 0.15) is 0 Å². The first-order valence-corrected chi connectivity index (χ1v) is 7.55. The smallest absolute Gasteiger partial charge is 0.159 e. The second-order valence-corrected chi connectivity index (χ2v) is 6.49. The number of halogens is 2. The van der Waals surface area contributed by atoms with Gasteiger partial charge >= 0.3 is 0 Å². The standard InChI is InChI=1S/C16H22F2N2/c17-15-4-2-11(8-16(15)18)7-14(20-19)9-13-6-10-1-3-12(13)5-10/h2,4,8,10,12-14,20H,1,3,5-7,9,19H2. The molecule has 20 heavy (non-hydrogen) atoms. The molecule has 4 unspecified atom stereocenters. The van der Waals surface area contributed by atoms with Crippen LogP contribution in [0.15, 0.2) is 18.2 Å². The molecule has 0 aromatic heterocycles. The van der Waals surface area contributed by atoms with Gasteiger partial charge in [-0.3, -0.25) is 11.3 Å². The Morgan fingerprint density at radius 3 is 2.65 bits per heavy atom. The van der Waals surface area contributed by atoms with Crippen LogP contribution in [0.1, 0.15) is 37.7 Å². The van der Waals surface area contributed by atoms with Gasteiger partial charge in [-0.15, -0.1) is 0 Å². The molecule has 0 spiro atoms. The summed E-state index contributed by atoms with van der Waals surface area (Å²) in [4.78, 5) is 0. The van der Waals surface area contributed by atoms with Gasteiger partial charge in [-0.25, -0.2) is 8.78 Å². The zero-order valence-electron chi connectivity index (χ0n) is 11.6. The van der Waals surface area contributed by atoms with Crippen molar-refractivity contribution in [3.05, 3.63) is 35.4 Å². The van der Waals surface area contributed by atoms with Crippen molar-refractivity contribution in [3.8, 4) is 0 Å². The van der Waals surface area contributed by atoms with E-state index in [1.807, 2.05) is 0 Å². The van der Waals surface area contributed by atoms with Gasteiger partial charge in [-0.1, -0.05) is 12.5 Å². The lowest BCUT2D eigenvalue weighted by molar-refractivity contribution is 0.277. The minimum Gasteiger partial charge on any atom is -0.271 e. The molecule has 2 fully saturated rings. The number of hydrazine groups is 1. The second-order valence-electron chi connectivity index (χ2n) is 6.49. The van der Waals surface area contributed by atoms with Crippen molar-refractivity contribution in [2.75, 3.05) is 0 Å². The van der Waals surface area contributed by atoms with E-state index in [0.29, 0.717) is 6.42 Å². The number of nitrogens with one attached hydrogen (secondary N) is 1. The van der Waals surface area contributed by atoms with Crippen molar-refractivity contribution in [1.29, 1.82) is 0 Å². The SMILES string of the molecule is NNC(Cc1ccc(F)c(F)c1)CC1CC2CCC1C2. The van der Waals surface area contributed by atoms with Crippen molar-refractivity contribution >= 4 is 0 Å². The molecule has 2 saturated carbocycles. The summed E-state index contributed by atoms with van der Waals surface area (Å²) in [5, 5.41) is 0. The fourth-order valence-corrected chi connectivity index (χ4v) is 4.19. The van der Waals surface area contributed by atoms with Crippen molar-refractivity contribution < 1.29 is 8.78 Å². The Morgan fingerprint density at radius 1 is 1.20 bits per heavy atom. The van der Waals surface area contributed by atoms with Gasteiger partial charge in [-0.05, 0) is 67.6 Å². The van der Waals surface area contributed by atoms with E-state index in [4.69, 9.17) is 5.84 Å². The Bertz CT molecular complexity index is 478. The van der Waals surface area contributed by atoms with Crippen LogP contribution in [-0.4, -0.2) is 6.04 Å². The Hall–Kier alpha value is -1.00. The second kappa shape index (κ2) is 5.78. The van der Waals surface area contributed by atoms with Gasteiger partial charge < -0.3 is 0 Å². The molecule has 0 aliphatic heterocycles. The lowest BCUT2D eigenvalue weighted by atomic mass is 9.83. The number of fused-ring (bicyclic) bond motifs is 2. The molecular weight excluding hydrogens is 258 g/mol. The zero-order valence-corrected chi connectivity index (χ0v) is 11.6. The van der Waals surface area contributed by atoms with Crippen molar-refractivity contribution in [2.24, 2.45) is 23.6 Å². The minimum absolute atomic E-state index is 0.143. The molecule has 2 aliphatic carbocycles. The first kappa shape index (κ1) is 14.0. The van der Waals surface area contributed by atoms with Gasteiger partial charge in [-0.2, -0.15) is 0 Å². The van der Waals surface area contributed by atoms with E-state index < -0.39 is 11.6 Å². The first-order valence-electron chi connectivity index (χ1n) is 7.55. The summed E-state index contributed by atoms with van der Waals surface area (Å²) >= 11 is 0. The summed E-state index contributed by atoms with van der Waals surface area (Å²) < 4.78 is 26.2. The highest BCUT2D eigenvalue weighted by Gasteiger charge is 2.39. The zero-order chi connectivity index (χ0) is 14.1. The molecule has 2 bridgehead atoms. The summed E-state index contributed by atoms with van der Waals surface area (Å²) in [7, 11) is 0. The van der Waals surface area contributed by atoms with Gasteiger partial charge in [0, 0.05) is 6.04 Å². The molecule has 2 aliphatic rings. The number of hydrogen-bond donors (Lipinski definition) is 2. The van der Waals surface area contributed by atoms with Gasteiger partial charge in [0.2, 0.25) is 0 Å². The summed E-state index contributed by atoms with van der Waals surface area (Å²) in [5.74, 6) is 6.61. The third-order valence-electron chi connectivity index (χ3n) is 5.17. The summed E-state index contributed by atoms with van der Waals surface area (Å²) in [5.41, 5.74) is 3.66.